The number of halogens is 2. The minimum absolute atomic E-state index is 0. The standard InChI is InChI=1S/C20H28N4.2ClH/c1-15-6-4-5-7-18(15)20-19-14-23(13-17(19)12-22(20)3)10-11-24-16(2)8-9-21-24;;/h4-9,17,19-20H,10-14H2,1-3H3;2*1H/t17-,19+,20+;;/m0../s1. The van der Waals surface area contributed by atoms with Crippen LogP contribution in [0.15, 0.2) is 36.5 Å². The molecule has 2 fully saturated rings. The number of hydrogen-bond donors (Lipinski definition) is 0. The zero-order valence-electron chi connectivity index (χ0n) is 15.8. The van der Waals surface area contributed by atoms with Crippen molar-refractivity contribution in [3.05, 3.63) is 53.3 Å². The fourth-order valence-electron chi connectivity index (χ4n) is 4.79. The molecule has 4 rings (SSSR count). The van der Waals surface area contributed by atoms with Crippen molar-refractivity contribution < 1.29 is 0 Å². The van der Waals surface area contributed by atoms with Crippen molar-refractivity contribution in [2.75, 3.05) is 33.2 Å². The molecule has 26 heavy (non-hydrogen) atoms. The van der Waals surface area contributed by atoms with Crippen molar-refractivity contribution >= 4 is 24.8 Å². The number of likely N-dealkylation sites (tertiary alicyclic amines) is 2. The Kier molecular flexibility index (Phi) is 7.14. The van der Waals surface area contributed by atoms with Crippen LogP contribution in [0.2, 0.25) is 0 Å². The van der Waals surface area contributed by atoms with Gasteiger partial charge in [-0.15, -0.1) is 24.8 Å². The van der Waals surface area contributed by atoms with Gasteiger partial charge in [0.2, 0.25) is 0 Å². The van der Waals surface area contributed by atoms with Crippen LogP contribution in [0.4, 0.5) is 0 Å². The molecule has 0 amide bonds. The molecule has 0 unspecified atom stereocenters. The Hall–Kier alpha value is -1.07. The van der Waals surface area contributed by atoms with Gasteiger partial charge < -0.3 is 4.90 Å². The molecule has 6 heteroatoms. The van der Waals surface area contributed by atoms with Gasteiger partial charge in [0.05, 0.1) is 6.54 Å². The Labute approximate surface area is 169 Å². The minimum Gasteiger partial charge on any atom is -0.301 e. The first-order chi connectivity index (χ1) is 11.6. The summed E-state index contributed by atoms with van der Waals surface area (Å²) in [6.45, 7) is 10.2. The van der Waals surface area contributed by atoms with E-state index < -0.39 is 0 Å². The van der Waals surface area contributed by atoms with Gasteiger partial charge in [0, 0.05) is 44.1 Å². The third-order valence-corrected chi connectivity index (χ3v) is 6.03. The van der Waals surface area contributed by atoms with E-state index in [1.807, 2.05) is 6.20 Å². The Balaban J connectivity index is 0.00000121. The molecule has 0 saturated carbocycles. The zero-order valence-corrected chi connectivity index (χ0v) is 17.5. The van der Waals surface area contributed by atoms with E-state index in [1.54, 1.807) is 0 Å². The van der Waals surface area contributed by atoms with Crippen molar-refractivity contribution in [1.29, 1.82) is 0 Å². The number of rotatable bonds is 4. The molecule has 2 aliphatic rings. The molecule has 144 valence electrons. The SMILES string of the molecule is Cc1ccccc1[C@@H]1[C@@H]2CN(CCn3nccc3C)C[C@@H]2CN1C.Cl.Cl. The second-order valence-electron chi connectivity index (χ2n) is 7.62. The predicted molar refractivity (Wildman–Crippen MR) is 111 cm³/mol. The van der Waals surface area contributed by atoms with Crippen LogP contribution in [0, 0.1) is 25.7 Å². The zero-order chi connectivity index (χ0) is 16.7. The Morgan fingerprint density at radius 1 is 1.00 bits per heavy atom. The van der Waals surface area contributed by atoms with Gasteiger partial charge in [-0.05, 0) is 49.9 Å². The quantitative estimate of drug-likeness (QED) is 0.788. The number of aryl methyl sites for hydroxylation is 2. The number of hydrogen-bond acceptors (Lipinski definition) is 3. The summed E-state index contributed by atoms with van der Waals surface area (Å²) < 4.78 is 2.12. The van der Waals surface area contributed by atoms with Gasteiger partial charge in [-0.1, -0.05) is 24.3 Å². The van der Waals surface area contributed by atoms with Crippen LogP contribution >= 0.6 is 24.8 Å². The molecule has 0 N–H and O–H groups in total. The Bertz CT molecular complexity index is 717. The maximum absolute atomic E-state index is 4.42. The third-order valence-electron chi connectivity index (χ3n) is 6.03. The first kappa shape index (κ1) is 21.2. The smallest absolute Gasteiger partial charge is 0.0539 e. The van der Waals surface area contributed by atoms with Gasteiger partial charge in [-0.3, -0.25) is 9.58 Å². The van der Waals surface area contributed by atoms with Gasteiger partial charge in [-0.2, -0.15) is 5.10 Å². The first-order valence-corrected chi connectivity index (χ1v) is 9.10. The molecule has 2 aromatic rings. The second-order valence-corrected chi connectivity index (χ2v) is 7.62. The van der Waals surface area contributed by atoms with E-state index in [-0.39, 0.29) is 24.8 Å². The molecule has 3 heterocycles. The lowest BCUT2D eigenvalue weighted by Gasteiger charge is -2.28. The van der Waals surface area contributed by atoms with Crippen molar-refractivity contribution in [2.45, 2.75) is 26.4 Å². The summed E-state index contributed by atoms with van der Waals surface area (Å²) in [5.74, 6) is 1.56. The van der Waals surface area contributed by atoms with Gasteiger partial charge in [-0.25, -0.2) is 0 Å². The summed E-state index contributed by atoms with van der Waals surface area (Å²) in [5, 5.41) is 4.42. The highest BCUT2D eigenvalue weighted by molar-refractivity contribution is 5.85. The maximum Gasteiger partial charge on any atom is 0.0539 e. The van der Waals surface area contributed by atoms with Crippen LogP contribution in [0.5, 0.6) is 0 Å². The molecule has 0 aliphatic carbocycles. The molecule has 4 nitrogen and oxygen atoms in total. The summed E-state index contributed by atoms with van der Waals surface area (Å²) in [7, 11) is 2.30. The summed E-state index contributed by atoms with van der Waals surface area (Å²) in [5.41, 5.74) is 4.21. The fourth-order valence-corrected chi connectivity index (χ4v) is 4.79. The normalized spacial score (nSPS) is 25.6. The third kappa shape index (κ3) is 3.94. The van der Waals surface area contributed by atoms with E-state index in [0.717, 1.165) is 24.9 Å². The average Bonchev–Trinajstić information content (AvgIpc) is 3.21. The number of nitrogens with zero attached hydrogens (tertiary/aromatic N) is 4. The molecule has 1 aromatic carbocycles. The highest BCUT2D eigenvalue weighted by atomic mass is 35.5. The van der Waals surface area contributed by atoms with E-state index in [2.05, 4.69) is 70.8 Å². The maximum atomic E-state index is 4.42. The largest absolute Gasteiger partial charge is 0.301 e. The highest BCUT2D eigenvalue weighted by Gasteiger charge is 2.46. The topological polar surface area (TPSA) is 24.3 Å². The molecule has 2 saturated heterocycles. The highest BCUT2D eigenvalue weighted by Crippen LogP contribution is 2.44. The lowest BCUT2D eigenvalue weighted by Crippen LogP contribution is -2.31. The lowest BCUT2D eigenvalue weighted by atomic mass is 9.88. The number of benzene rings is 1. The minimum atomic E-state index is 0. The summed E-state index contributed by atoms with van der Waals surface area (Å²) in [4.78, 5) is 5.22. The molecule has 0 bridgehead atoms. The molecule has 2 aliphatic heterocycles. The number of fused-ring (bicyclic) bond motifs is 1. The molecule has 3 atom stereocenters. The summed E-state index contributed by atoms with van der Waals surface area (Å²) >= 11 is 0. The van der Waals surface area contributed by atoms with Crippen LogP contribution < -0.4 is 0 Å². The predicted octanol–water partition coefficient (Wildman–Crippen LogP) is 3.58. The van der Waals surface area contributed by atoms with Crippen LogP contribution in [-0.2, 0) is 6.54 Å². The molecular formula is C20H30Cl2N4. The first-order valence-electron chi connectivity index (χ1n) is 9.10. The second kappa shape index (κ2) is 8.75. The monoisotopic (exact) mass is 396 g/mol. The van der Waals surface area contributed by atoms with E-state index >= 15 is 0 Å². The van der Waals surface area contributed by atoms with Crippen LogP contribution in [-0.4, -0.2) is 52.8 Å². The van der Waals surface area contributed by atoms with E-state index in [0.29, 0.717) is 6.04 Å². The van der Waals surface area contributed by atoms with Crippen LogP contribution in [0.25, 0.3) is 0 Å². The van der Waals surface area contributed by atoms with Crippen molar-refractivity contribution in [3.63, 3.8) is 0 Å². The molecule has 1 aromatic heterocycles. The fraction of sp³-hybridized carbons (Fsp3) is 0.550. The van der Waals surface area contributed by atoms with E-state index in [9.17, 15) is 0 Å². The Morgan fingerprint density at radius 2 is 1.77 bits per heavy atom. The van der Waals surface area contributed by atoms with Gasteiger partial charge in [0.15, 0.2) is 0 Å². The van der Waals surface area contributed by atoms with Crippen LogP contribution in [0.1, 0.15) is 22.9 Å². The van der Waals surface area contributed by atoms with Crippen molar-refractivity contribution in [2.24, 2.45) is 11.8 Å². The molecular weight excluding hydrogens is 367 g/mol. The molecule has 0 spiro atoms. The number of aromatic nitrogens is 2. The van der Waals surface area contributed by atoms with Crippen LogP contribution in [0.3, 0.4) is 0 Å². The van der Waals surface area contributed by atoms with Crippen molar-refractivity contribution in [1.82, 2.24) is 19.6 Å². The van der Waals surface area contributed by atoms with Crippen molar-refractivity contribution in [3.8, 4) is 0 Å². The molecule has 0 radical (unpaired) electrons. The Morgan fingerprint density at radius 3 is 2.46 bits per heavy atom. The van der Waals surface area contributed by atoms with Gasteiger partial charge in [0.25, 0.3) is 0 Å². The van der Waals surface area contributed by atoms with E-state index in [4.69, 9.17) is 0 Å². The van der Waals surface area contributed by atoms with Gasteiger partial charge in [0.1, 0.15) is 0 Å². The summed E-state index contributed by atoms with van der Waals surface area (Å²) in [6, 6.07) is 11.6. The van der Waals surface area contributed by atoms with Gasteiger partial charge >= 0.3 is 0 Å². The lowest BCUT2D eigenvalue weighted by molar-refractivity contribution is 0.222. The average molecular weight is 397 g/mol. The van der Waals surface area contributed by atoms with E-state index in [1.165, 1.54) is 36.5 Å². The summed E-state index contributed by atoms with van der Waals surface area (Å²) in [6.07, 6.45) is 1.90.